The number of imide groups is 1. The molecule has 7 heteroatoms. The van der Waals surface area contributed by atoms with Crippen LogP contribution in [0.3, 0.4) is 0 Å². The van der Waals surface area contributed by atoms with Crippen molar-refractivity contribution in [3.8, 4) is 0 Å². The second kappa shape index (κ2) is 5.06. The average Bonchev–Trinajstić information content (AvgIpc) is 2.80. The third-order valence-corrected chi connectivity index (χ3v) is 4.73. The molecule has 1 aromatic carbocycles. The number of aliphatic hydroxyl groups excluding tert-OH is 1. The number of rotatable bonds is 2. The number of fused-ring (bicyclic) bond motifs is 1. The Kier molecular flexibility index (Phi) is 3.12. The van der Waals surface area contributed by atoms with Crippen molar-refractivity contribution in [3.05, 3.63) is 29.3 Å². The summed E-state index contributed by atoms with van der Waals surface area (Å²) in [5, 5.41) is 11.7. The standard InChI is InChI=1S/C16H17N3O4/c20-11-7-18(8-11)10-1-2-12-9(5-10)6-19(16(12)23)13-3-4-14(21)17-15(13)22/h1-2,5,11,13,20H,3-4,6-8H2,(H,17,21,22). The lowest BCUT2D eigenvalue weighted by Crippen LogP contribution is -2.52. The van der Waals surface area contributed by atoms with Crippen molar-refractivity contribution in [1.29, 1.82) is 0 Å². The number of aliphatic hydroxyl groups is 1. The number of nitrogens with zero attached hydrogens (tertiary/aromatic N) is 2. The summed E-state index contributed by atoms with van der Waals surface area (Å²) in [7, 11) is 0. The van der Waals surface area contributed by atoms with Gasteiger partial charge in [0.15, 0.2) is 0 Å². The maximum Gasteiger partial charge on any atom is 0.255 e. The van der Waals surface area contributed by atoms with Crippen molar-refractivity contribution in [1.82, 2.24) is 10.2 Å². The van der Waals surface area contributed by atoms with Gasteiger partial charge in [-0.3, -0.25) is 19.7 Å². The van der Waals surface area contributed by atoms with E-state index >= 15 is 0 Å². The average molecular weight is 315 g/mol. The molecule has 2 N–H and O–H groups in total. The fourth-order valence-electron chi connectivity index (χ4n) is 3.42. The van der Waals surface area contributed by atoms with Crippen LogP contribution >= 0.6 is 0 Å². The molecule has 3 aliphatic heterocycles. The summed E-state index contributed by atoms with van der Waals surface area (Å²) in [6.45, 7) is 1.58. The molecule has 0 bridgehead atoms. The van der Waals surface area contributed by atoms with Crippen LogP contribution in [0.4, 0.5) is 5.69 Å². The van der Waals surface area contributed by atoms with Gasteiger partial charge in [0.2, 0.25) is 11.8 Å². The van der Waals surface area contributed by atoms with Crippen LogP contribution < -0.4 is 10.2 Å². The Morgan fingerprint density at radius 2 is 1.96 bits per heavy atom. The number of nitrogens with one attached hydrogen (secondary N) is 1. The summed E-state index contributed by atoms with van der Waals surface area (Å²) in [6, 6.07) is 5.02. The molecule has 4 rings (SSSR count). The number of carbonyl (C=O) groups is 3. The summed E-state index contributed by atoms with van der Waals surface area (Å²) >= 11 is 0. The molecule has 7 nitrogen and oxygen atoms in total. The number of benzene rings is 1. The van der Waals surface area contributed by atoms with E-state index < -0.39 is 11.9 Å². The third kappa shape index (κ3) is 2.28. The van der Waals surface area contributed by atoms with E-state index in [-0.39, 0.29) is 24.3 Å². The summed E-state index contributed by atoms with van der Waals surface area (Å²) in [4.78, 5) is 39.4. The van der Waals surface area contributed by atoms with Gasteiger partial charge in [-0.15, -0.1) is 0 Å². The van der Waals surface area contributed by atoms with E-state index in [9.17, 15) is 19.5 Å². The molecule has 3 aliphatic rings. The van der Waals surface area contributed by atoms with Gasteiger partial charge in [-0.25, -0.2) is 0 Å². The molecular formula is C16H17N3O4. The van der Waals surface area contributed by atoms with Gasteiger partial charge < -0.3 is 14.9 Å². The SMILES string of the molecule is O=C1CCC(N2Cc3cc(N4CC(O)C4)ccc3C2=O)C(=O)N1. The molecule has 0 aliphatic carbocycles. The van der Waals surface area contributed by atoms with Gasteiger partial charge in [-0.05, 0) is 30.2 Å². The first-order chi connectivity index (χ1) is 11.0. The van der Waals surface area contributed by atoms with Crippen LogP contribution in [0.2, 0.25) is 0 Å². The molecule has 2 saturated heterocycles. The minimum atomic E-state index is -0.582. The highest BCUT2D eigenvalue weighted by Crippen LogP contribution is 2.31. The van der Waals surface area contributed by atoms with Gasteiger partial charge in [0.25, 0.3) is 5.91 Å². The lowest BCUT2D eigenvalue weighted by molar-refractivity contribution is -0.136. The Hall–Kier alpha value is -2.41. The van der Waals surface area contributed by atoms with Crippen molar-refractivity contribution >= 4 is 23.4 Å². The van der Waals surface area contributed by atoms with Gasteiger partial charge >= 0.3 is 0 Å². The number of anilines is 1. The van der Waals surface area contributed by atoms with Crippen molar-refractivity contribution < 1.29 is 19.5 Å². The third-order valence-electron chi connectivity index (χ3n) is 4.73. The van der Waals surface area contributed by atoms with Gasteiger partial charge in [-0.1, -0.05) is 0 Å². The van der Waals surface area contributed by atoms with E-state index in [1.807, 2.05) is 17.0 Å². The van der Waals surface area contributed by atoms with Crippen LogP contribution in [0.5, 0.6) is 0 Å². The topological polar surface area (TPSA) is 90.0 Å². The number of hydrogen-bond acceptors (Lipinski definition) is 5. The molecule has 0 spiro atoms. The molecule has 2 fully saturated rings. The summed E-state index contributed by atoms with van der Waals surface area (Å²) in [5.74, 6) is -0.841. The Bertz CT molecular complexity index is 711. The second-order valence-electron chi connectivity index (χ2n) is 6.30. The van der Waals surface area contributed by atoms with E-state index in [1.165, 1.54) is 0 Å². The second-order valence-corrected chi connectivity index (χ2v) is 6.30. The van der Waals surface area contributed by atoms with E-state index in [2.05, 4.69) is 5.32 Å². The molecule has 23 heavy (non-hydrogen) atoms. The minimum Gasteiger partial charge on any atom is -0.389 e. The van der Waals surface area contributed by atoms with Gasteiger partial charge in [0.1, 0.15) is 6.04 Å². The highest BCUT2D eigenvalue weighted by molar-refractivity contribution is 6.05. The first-order valence-corrected chi connectivity index (χ1v) is 7.73. The molecule has 3 heterocycles. The number of amides is 3. The van der Waals surface area contributed by atoms with E-state index in [4.69, 9.17) is 0 Å². The maximum atomic E-state index is 12.5. The Morgan fingerprint density at radius 1 is 1.17 bits per heavy atom. The zero-order valence-corrected chi connectivity index (χ0v) is 12.5. The number of piperidine rings is 1. The highest BCUT2D eigenvalue weighted by atomic mass is 16.3. The molecular weight excluding hydrogens is 298 g/mol. The van der Waals surface area contributed by atoms with Crippen LogP contribution in [0.15, 0.2) is 18.2 Å². The summed E-state index contributed by atoms with van der Waals surface area (Å²) in [5.41, 5.74) is 2.48. The normalized spacial score (nSPS) is 24.6. The van der Waals surface area contributed by atoms with Crippen molar-refractivity contribution in [2.75, 3.05) is 18.0 Å². The van der Waals surface area contributed by atoms with E-state index in [0.717, 1.165) is 11.3 Å². The molecule has 1 aromatic rings. The lowest BCUT2D eigenvalue weighted by atomic mass is 10.0. The molecule has 120 valence electrons. The smallest absolute Gasteiger partial charge is 0.255 e. The number of β-amino-alcohol motifs (C(OH)–C–C–N with tert-alkyl or cyclic N) is 1. The fourth-order valence-corrected chi connectivity index (χ4v) is 3.42. The first kappa shape index (κ1) is 14.2. The van der Waals surface area contributed by atoms with Crippen LogP contribution in [0, 0.1) is 0 Å². The van der Waals surface area contributed by atoms with E-state index in [1.54, 1.807) is 11.0 Å². The monoisotopic (exact) mass is 315 g/mol. The summed E-state index contributed by atoms with van der Waals surface area (Å²) < 4.78 is 0. The van der Waals surface area contributed by atoms with E-state index in [0.29, 0.717) is 31.6 Å². The molecule has 0 aromatic heterocycles. The highest BCUT2D eigenvalue weighted by Gasteiger charge is 2.39. The summed E-state index contributed by atoms with van der Waals surface area (Å²) in [6.07, 6.45) is 0.341. The molecule has 0 radical (unpaired) electrons. The maximum absolute atomic E-state index is 12.5. The first-order valence-electron chi connectivity index (χ1n) is 7.73. The van der Waals surface area contributed by atoms with Crippen molar-refractivity contribution in [3.63, 3.8) is 0 Å². The van der Waals surface area contributed by atoms with Crippen molar-refractivity contribution in [2.45, 2.75) is 31.5 Å². The Morgan fingerprint density at radius 3 is 2.65 bits per heavy atom. The van der Waals surface area contributed by atoms with Crippen LogP contribution in [0.1, 0.15) is 28.8 Å². The van der Waals surface area contributed by atoms with Gasteiger partial charge in [0.05, 0.1) is 6.10 Å². The lowest BCUT2D eigenvalue weighted by Gasteiger charge is -2.38. The predicted molar refractivity (Wildman–Crippen MR) is 80.7 cm³/mol. The number of carbonyl (C=O) groups excluding carboxylic acids is 3. The fraction of sp³-hybridized carbons (Fsp3) is 0.438. The predicted octanol–water partition coefficient (Wildman–Crippen LogP) is -0.372. The van der Waals surface area contributed by atoms with Gasteiger partial charge in [-0.2, -0.15) is 0 Å². The number of hydrogen-bond donors (Lipinski definition) is 2. The van der Waals surface area contributed by atoms with Crippen molar-refractivity contribution in [2.24, 2.45) is 0 Å². The van der Waals surface area contributed by atoms with Crippen LogP contribution in [-0.2, 0) is 16.1 Å². The Labute approximate surface area is 132 Å². The molecule has 0 saturated carbocycles. The quantitative estimate of drug-likeness (QED) is 0.727. The zero-order valence-electron chi connectivity index (χ0n) is 12.5. The molecule has 1 unspecified atom stereocenters. The minimum absolute atomic E-state index is 0.162. The zero-order chi connectivity index (χ0) is 16.1. The van der Waals surface area contributed by atoms with Crippen LogP contribution in [-0.4, -0.2) is 53.0 Å². The molecule has 1 atom stereocenters. The molecule has 3 amide bonds. The van der Waals surface area contributed by atoms with Crippen LogP contribution in [0.25, 0.3) is 0 Å². The van der Waals surface area contributed by atoms with Gasteiger partial charge in [0, 0.05) is 37.3 Å². The Balaban J connectivity index is 1.55. The largest absolute Gasteiger partial charge is 0.389 e.